The highest BCUT2D eigenvalue weighted by Gasteiger charge is 2.13. The molecule has 6 heteroatoms. The summed E-state index contributed by atoms with van der Waals surface area (Å²) in [5.41, 5.74) is 2.65. The molecule has 1 N–H and O–H groups in total. The number of hydrogen-bond donors (Lipinski definition) is 1. The van der Waals surface area contributed by atoms with Crippen molar-refractivity contribution in [3.63, 3.8) is 0 Å². The molecule has 0 atom stereocenters. The molecule has 0 aliphatic carbocycles. The molecule has 1 aromatic carbocycles. The Morgan fingerprint density at radius 2 is 1.72 bits per heavy atom. The fraction of sp³-hybridized carbons (Fsp3) is 0.316. The number of anilines is 2. The molecule has 0 bridgehead atoms. The van der Waals surface area contributed by atoms with Gasteiger partial charge in [0.05, 0.1) is 12.2 Å². The summed E-state index contributed by atoms with van der Waals surface area (Å²) in [6.07, 6.45) is 1.93. The third-order valence-electron chi connectivity index (χ3n) is 3.81. The molecule has 0 fully saturated rings. The summed E-state index contributed by atoms with van der Waals surface area (Å²) < 4.78 is 0. The number of nitrogens with zero attached hydrogens (tertiary/aromatic N) is 3. The van der Waals surface area contributed by atoms with E-state index in [-0.39, 0.29) is 18.2 Å². The lowest BCUT2D eigenvalue weighted by Crippen LogP contribution is -2.33. The normalized spacial score (nSPS) is 10.2. The van der Waals surface area contributed by atoms with E-state index in [2.05, 4.69) is 10.3 Å². The maximum atomic E-state index is 12.0. The van der Waals surface area contributed by atoms with E-state index in [1.165, 1.54) is 6.92 Å². The standard InChI is InChI=1S/C19H24N4O2/c1-15(24)23(18-9-7-17(8-10-18)22(2)3)13-11-19(25)21-14-16-6-4-5-12-20-16/h4-10,12H,11,13-14H2,1-3H3,(H,21,25). The van der Waals surface area contributed by atoms with Crippen LogP contribution in [0.1, 0.15) is 19.0 Å². The number of carbonyl (C=O) groups excluding carboxylic acids is 2. The maximum Gasteiger partial charge on any atom is 0.223 e. The Morgan fingerprint density at radius 1 is 1.04 bits per heavy atom. The Bertz CT molecular complexity index is 699. The van der Waals surface area contributed by atoms with E-state index in [1.54, 1.807) is 11.1 Å². The maximum absolute atomic E-state index is 12.0. The number of amides is 2. The lowest BCUT2D eigenvalue weighted by atomic mass is 10.2. The van der Waals surface area contributed by atoms with Crippen molar-refractivity contribution in [1.29, 1.82) is 0 Å². The van der Waals surface area contributed by atoms with Gasteiger partial charge in [-0.25, -0.2) is 0 Å². The van der Waals surface area contributed by atoms with Crippen LogP contribution in [0.15, 0.2) is 48.7 Å². The third-order valence-corrected chi connectivity index (χ3v) is 3.81. The van der Waals surface area contributed by atoms with Crippen molar-refractivity contribution in [2.24, 2.45) is 0 Å². The first-order valence-electron chi connectivity index (χ1n) is 8.19. The predicted molar refractivity (Wildman–Crippen MR) is 99.5 cm³/mol. The second-order valence-electron chi connectivity index (χ2n) is 5.93. The lowest BCUT2D eigenvalue weighted by molar-refractivity contribution is -0.121. The largest absolute Gasteiger partial charge is 0.378 e. The van der Waals surface area contributed by atoms with Crippen LogP contribution in [0, 0.1) is 0 Å². The Kier molecular flexibility index (Phi) is 6.51. The molecule has 1 heterocycles. The molecule has 2 amide bonds. The quantitative estimate of drug-likeness (QED) is 0.839. The minimum atomic E-state index is -0.109. The second-order valence-corrected chi connectivity index (χ2v) is 5.93. The molecule has 0 radical (unpaired) electrons. The molecule has 2 aromatic rings. The van der Waals surface area contributed by atoms with Crippen LogP contribution in [0.5, 0.6) is 0 Å². The van der Waals surface area contributed by atoms with Gasteiger partial charge >= 0.3 is 0 Å². The predicted octanol–water partition coefficient (Wildman–Crippen LogP) is 2.21. The average Bonchev–Trinajstić information content (AvgIpc) is 2.61. The fourth-order valence-electron chi connectivity index (χ4n) is 2.39. The molecule has 0 spiro atoms. The van der Waals surface area contributed by atoms with Gasteiger partial charge in [0.25, 0.3) is 0 Å². The summed E-state index contributed by atoms with van der Waals surface area (Å²) in [6.45, 7) is 2.23. The molecule has 25 heavy (non-hydrogen) atoms. The summed E-state index contributed by atoms with van der Waals surface area (Å²) >= 11 is 0. The first-order valence-corrected chi connectivity index (χ1v) is 8.19. The summed E-state index contributed by atoms with van der Waals surface area (Å²) in [7, 11) is 3.92. The highest BCUT2D eigenvalue weighted by Crippen LogP contribution is 2.20. The SMILES string of the molecule is CC(=O)N(CCC(=O)NCc1ccccn1)c1ccc(N(C)C)cc1. The van der Waals surface area contributed by atoms with E-state index < -0.39 is 0 Å². The van der Waals surface area contributed by atoms with Gasteiger partial charge in [0, 0.05) is 51.6 Å². The zero-order chi connectivity index (χ0) is 18.2. The van der Waals surface area contributed by atoms with Crippen molar-refractivity contribution in [1.82, 2.24) is 10.3 Å². The number of rotatable bonds is 7. The van der Waals surface area contributed by atoms with Crippen LogP contribution in [0.3, 0.4) is 0 Å². The molecule has 0 aliphatic rings. The first-order chi connectivity index (χ1) is 12.0. The Balaban J connectivity index is 1.90. The van der Waals surface area contributed by atoms with Crippen LogP contribution >= 0.6 is 0 Å². The minimum Gasteiger partial charge on any atom is -0.378 e. The topological polar surface area (TPSA) is 65.5 Å². The first kappa shape index (κ1) is 18.4. The van der Waals surface area contributed by atoms with Gasteiger partial charge in [-0.05, 0) is 36.4 Å². The summed E-state index contributed by atoms with van der Waals surface area (Å²) in [6, 6.07) is 13.2. The molecule has 132 valence electrons. The van der Waals surface area contributed by atoms with E-state index in [1.807, 2.05) is 61.5 Å². The van der Waals surface area contributed by atoms with E-state index in [4.69, 9.17) is 0 Å². The van der Waals surface area contributed by atoms with Crippen LogP contribution < -0.4 is 15.1 Å². The van der Waals surface area contributed by atoms with Crippen LogP contribution in [0.4, 0.5) is 11.4 Å². The number of hydrogen-bond acceptors (Lipinski definition) is 4. The molecule has 0 unspecified atom stereocenters. The smallest absolute Gasteiger partial charge is 0.223 e. The highest BCUT2D eigenvalue weighted by atomic mass is 16.2. The summed E-state index contributed by atoms with van der Waals surface area (Å²) in [4.78, 5) is 31.7. The number of benzene rings is 1. The van der Waals surface area contributed by atoms with Gasteiger partial charge < -0.3 is 15.1 Å². The van der Waals surface area contributed by atoms with Crippen LogP contribution in [-0.2, 0) is 16.1 Å². The van der Waals surface area contributed by atoms with E-state index >= 15 is 0 Å². The van der Waals surface area contributed by atoms with Crippen molar-refractivity contribution in [2.45, 2.75) is 19.9 Å². The molecular weight excluding hydrogens is 316 g/mol. The number of carbonyl (C=O) groups is 2. The van der Waals surface area contributed by atoms with Gasteiger partial charge in [0.15, 0.2) is 0 Å². The van der Waals surface area contributed by atoms with Gasteiger partial charge in [0.1, 0.15) is 0 Å². The number of aromatic nitrogens is 1. The fourth-order valence-corrected chi connectivity index (χ4v) is 2.39. The average molecular weight is 340 g/mol. The van der Waals surface area contributed by atoms with Crippen LogP contribution in [0.2, 0.25) is 0 Å². The Labute approximate surface area is 148 Å². The second kappa shape index (κ2) is 8.82. The molecule has 0 saturated heterocycles. The summed E-state index contributed by atoms with van der Waals surface area (Å²) in [5.74, 6) is -0.197. The van der Waals surface area contributed by atoms with Crippen LogP contribution in [0.25, 0.3) is 0 Å². The van der Waals surface area contributed by atoms with Crippen molar-refractivity contribution in [2.75, 3.05) is 30.4 Å². The number of nitrogens with one attached hydrogen (secondary N) is 1. The minimum absolute atomic E-state index is 0.0878. The number of pyridine rings is 1. The molecule has 0 saturated carbocycles. The lowest BCUT2D eigenvalue weighted by Gasteiger charge is -2.22. The molecular formula is C19H24N4O2. The van der Waals surface area contributed by atoms with Crippen molar-refractivity contribution < 1.29 is 9.59 Å². The van der Waals surface area contributed by atoms with Gasteiger partial charge in [0.2, 0.25) is 11.8 Å². The zero-order valence-corrected chi connectivity index (χ0v) is 14.9. The van der Waals surface area contributed by atoms with Crippen molar-refractivity contribution in [3.8, 4) is 0 Å². The molecule has 1 aromatic heterocycles. The zero-order valence-electron chi connectivity index (χ0n) is 14.9. The van der Waals surface area contributed by atoms with Crippen molar-refractivity contribution in [3.05, 3.63) is 54.4 Å². The van der Waals surface area contributed by atoms with Gasteiger partial charge in [-0.3, -0.25) is 14.6 Å². The third kappa shape index (κ3) is 5.60. The van der Waals surface area contributed by atoms with Gasteiger partial charge in [-0.2, -0.15) is 0 Å². The van der Waals surface area contributed by atoms with E-state index in [0.717, 1.165) is 17.1 Å². The van der Waals surface area contributed by atoms with E-state index in [0.29, 0.717) is 13.1 Å². The van der Waals surface area contributed by atoms with Gasteiger partial charge in [-0.1, -0.05) is 6.07 Å². The molecule has 6 nitrogen and oxygen atoms in total. The van der Waals surface area contributed by atoms with Crippen molar-refractivity contribution >= 4 is 23.2 Å². The summed E-state index contributed by atoms with van der Waals surface area (Å²) in [5, 5.41) is 2.82. The monoisotopic (exact) mass is 340 g/mol. The highest BCUT2D eigenvalue weighted by molar-refractivity contribution is 5.92. The Hall–Kier alpha value is -2.89. The van der Waals surface area contributed by atoms with E-state index in [9.17, 15) is 9.59 Å². The molecule has 0 aliphatic heterocycles. The van der Waals surface area contributed by atoms with Gasteiger partial charge in [-0.15, -0.1) is 0 Å². The van der Waals surface area contributed by atoms with Crippen LogP contribution in [-0.4, -0.2) is 37.4 Å². The molecule has 2 rings (SSSR count). The Morgan fingerprint density at radius 3 is 2.28 bits per heavy atom.